The highest BCUT2D eigenvalue weighted by atomic mass is 32.2. The molecule has 1 aromatic carbocycles. The summed E-state index contributed by atoms with van der Waals surface area (Å²) in [6, 6.07) is 8.13. The van der Waals surface area contributed by atoms with Crippen LogP contribution in [0.3, 0.4) is 0 Å². The van der Waals surface area contributed by atoms with Gasteiger partial charge in [0.15, 0.2) is 0 Å². The smallest absolute Gasteiger partial charge is 0.150 e. The average molecular weight is 312 g/mol. The molecule has 0 aliphatic heterocycles. The molecule has 4 rings (SSSR count). The maximum atomic E-state index is 12.9. The zero-order chi connectivity index (χ0) is 15.5. The van der Waals surface area contributed by atoms with Crippen molar-refractivity contribution in [1.29, 1.82) is 0 Å². The first kappa shape index (κ1) is 14.2. The molecule has 3 nitrogen and oxygen atoms in total. The van der Waals surface area contributed by atoms with Crippen LogP contribution >= 0.6 is 11.8 Å². The predicted molar refractivity (Wildman–Crippen MR) is 88.8 cm³/mol. The second-order valence-corrected chi connectivity index (χ2v) is 8.46. The summed E-state index contributed by atoms with van der Waals surface area (Å²) < 4.78 is 0. The van der Waals surface area contributed by atoms with Crippen molar-refractivity contribution in [3.05, 3.63) is 30.5 Å². The molecule has 2 aliphatic carbocycles. The zero-order valence-electron chi connectivity index (χ0n) is 13.2. The number of aromatic nitrogens is 2. The topological polar surface area (TPSA) is 42.9 Å². The minimum absolute atomic E-state index is 0.00126. The van der Waals surface area contributed by atoms with Crippen LogP contribution in [0, 0.1) is 16.7 Å². The summed E-state index contributed by atoms with van der Waals surface area (Å²) >= 11 is 1.63. The summed E-state index contributed by atoms with van der Waals surface area (Å²) in [7, 11) is 0. The van der Waals surface area contributed by atoms with E-state index in [-0.39, 0.29) is 22.0 Å². The first-order chi connectivity index (χ1) is 10.4. The lowest BCUT2D eigenvalue weighted by Gasteiger charge is -2.37. The molecule has 2 aliphatic rings. The Hall–Kier alpha value is -1.42. The number of carbonyl (C=O) groups excluding carboxylic acids is 1. The summed E-state index contributed by atoms with van der Waals surface area (Å²) in [6.45, 7) is 6.81. The van der Waals surface area contributed by atoms with Crippen LogP contribution in [-0.2, 0) is 4.79 Å². The van der Waals surface area contributed by atoms with Gasteiger partial charge in [-0.25, -0.2) is 0 Å². The summed E-state index contributed by atoms with van der Waals surface area (Å²) in [6.07, 6.45) is 3.96. The molecule has 2 aromatic rings. The Balaban J connectivity index is 1.76. The minimum Gasteiger partial charge on any atom is -0.298 e. The lowest BCUT2D eigenvalue weighted by molar-refractivity contribution is -0.122. The van der Waals surface area contributed by atoms with Gasteiger partial charge in [-0.2, -0.15) is 5.10 Å². The third-order valence-corrected chi connectivity index (χ3v) is 7.76. The normalized spacial score (nSPS) is 32.8. The van der Waals surface area contributed by atoms with E-state index in [0.29, 0.717) is 5.78 Å². The van der Waals surface area contributed by atoms with Crippen molar-refractivity contribution >= 4 is 28.3 Å². The fourth-order valence-corrected chi connectivity index (χ4v) is 5.97. The van der Waals surface area contributed by atoms with Gasteiger partial charge < -0.3 is 0 Å². The largest absolute Gasteiger partial charge is 0.298 e. The quantitative estimate of drug-likeness (QED) is 0.837. The van der Waals surface area contributed by atoms with Gasteiger partial charge >= 0.3 is 0 Å². The van der Waals surface area contributed by atoms with Crippen LogP contribution in [0.15, 0.2) is 35.5 Å². The summed E-state index contributed by atoms with van der Waals surface area (Å²) in [5, 5.41) is 11.5. The van der Waals surface area contributed by atoms with E-state index >= 15 is 0 Å². The lowest BCUT2D eigenvalue weighted by atomic mass is 9.71. The van der Waals surface area contributed by atoms with Crippen LogP contribution in [-0.4, -0.2) is 21.2 Å². The summed E-state index contributed by atoms with van der Waals surface area (Å²) in [4.78, 5) is 12.9. The molecule has 3 atom stereocenters. The molecule has 22 heavy (non-hydrogen) atoms. The Labute approximate surface area is 134 Å². The molecule has 0 saturated heterocycles. The van der Waals surface area contributed by atoms with Gasteiger partial charge in [0.05, 0.1) is 11.4 Å². The Morgan fingerprint density at radius 2 is 2.00 bits per heavy atom. The standard InChI is InChI=1S/C18H20N2OS/c1-17(2)13-8-9-18(17,3)15(14(13)21)22-16-12-7-5-4-6-11(12)10-19-20-16/h4-7,10,13,15H,8-9H2,1-3H3/t13-,15+,18-/m0/s1. The fraction of sp³-hybridized carbons (Fsp3) is 0.500. The van der Waals surface area contributed by atoms with E-state index in [2.05, 4.69) is 37.0 Å². The summed E-state index contributed by atoms with van der Waals surface area (Å²) in [5.74, 6) is 0.622. The van der Waals surface area contributed by atoms with Crippen LogP contribution in [0.4, 0.5) is 0 Å². The molecule has 1 aromatic heterocycles. The van der Waals surface area contributed by atoms with Crippen molar-refractivity contribution in [3.63, 3.8) is 0 Å². The molecule has 0 N–H and O–H groups in total. The Bertz CT molecular complexity index is 767. The van der Waals surface area contributed by atoms with Gasteiger partial charge in [0, 0.05) is 16.7 Å². The molecule has 1 heterocycles. The first-order valence-electron chi connectivity index (χ1n) is 7.86. The summed E-state index contributed by atoms with van der Waals surface area (Å²) in [5.41, 5.74) is 0.137. The van der Waals surface area contributed by atoms with E-state index in [9.17, 15) is 4.79 Å². The van der Waals surface area contributed by atoms with Crippen LogP contribution < -0.4 is 0 Å². The van der Waals surface area contributed by atoms with E-state index < -0.39 is 0 Å². The van der Waals surface area contributed by atoms with Gasteiger partial charge in [-0.1, -0.05) is 56.8 Å². The van der Waals surface area contributed by atoms with Gasteiger partial charge in [-0.05, 0) is 23.7 Å². The SMILES string of the molecule is CC1(C)[C@H]2CC[C@@]1(C)[C@H](Sc1nncc3ccccc13)C2=O. The molecular formula is C18H20N2OS. The number of nitrogens with zero attached hydrogens (tertiary/aromatic N) is 2. The van der Waals surface area contributed by atoms with Crippen molar-refractivity contribution in [2.45, 2.75) is 43.9 Å². The fourth-order valence-electron chi connectivity index (χ4n) is 4.38. The molecular weight excluding hydrogens is 292 g/mol. The Morgan fingerprint density at radius 3 is 2.73 bits per heavy atom. The maximum Gasteiger partial charge on any atom is 0.150 e. The minimum atomic E-state index is 0.00126. The molecule has 0 spiro atoms. The van der Waals surface area contributed by atoms with E-state index in [1.54, 1.807) is 18.0 Å². The van der Waals surface area contributed by atoms with Gasteiger partial charge in [0.1, 0.15) is 10.8 Å². The number of hydrogen-bond donors (Lipinski definition) is 0. The molecule has 114 valence electrons. The number of benzene rings is 1. The highest BCUT2D eigenvalue weighted by Crippen LogP contribution is 2.67. The van der Waals surface area contributed by atoms with E-state index in [1.807, 2.05) is 18.2 Å². The molecule has 2 fully saturated rings. The molecule has 4 heteroatoms. The first-order valence-corrected chi connectivity index (χ1v) is 8.74. The van der Waals surface area contributed by atoms with Crippen LogP contribution in [0.1, 0.15) is 33.6 Å². The molecule has 0 unspecified atom stereocenters. The van der Waals surface area contributed by atoms with Crippen molar-refractivity contribution in [2.24, 2.45) is 16.7 Å². The van der Waals surface area contributed by atoms with Crippen LogP contribution in [0.5, 0.6) is 0 Å². The molecule has 2 saturated carbocycles. The van der Waals surface area contributed by atoms with E-state index in [4.69, 9.17) is 0 Å². The van der Waals surface area contributed by atoms with E-state index in [1.165, 1.54) is 0 Å². The highest BCUT2D eigenvalue weighted by molar-refractivity contribution is 8.00. The number of rotatable bonds is 2. The van der Waals surface area contributed by atoms with E-state index in [0.717, 1.165) is 28.6 Å². The monoisotopic (exact) mass is 312 g/mol. The second kappa shape index (κ2) is 4.54. The number of thioether (sulfide) groups is 1. The zero-order valence-corrected chi connectivity index (χ0v) is 14.0. The molecule has 0 amide bonds. The lowest BCUT2D eigenvalue weighted by Crippen LogP contribution is -2.35. The number of ketones is 1. The van der Waals surface area contributed by atoms with Crippen molar-refractivity contribution in [2.75, 3.05) is 0 Å². The average Bonchev–Trinajstić information content (AvgIpc) is 2.81. The maximum absolute atomic E-state index is 12.9. The number of fused-ring (bicyclic) bond motifs is 3. The van der Waals surface area contributed by atoms with Gasteiger partial charge in [0.2, 0.25) is 0 Å². The number of hydrogen-bond acceptors (Lipinski definition) is 4. The third-order valence-electron chi connectivity index (χ3n) is 6.24. The highest BCUT2D eigenvalue weighted by Gasteiger charge is 2.66. The van der Waals surface area contributed by atoms with Crippen molar-refractivity contribution in [1.82, 2.24) is 10.2 Å². The van der Waals surface area contributed by atoms with Crippen LogP contribution in [0.2, 0.25) is 0 Å². The molecule has 0 radical (unpaired) electrons. The third kappa shape index (κ3) is 1.67. The molecule has 2 bridgehead atoms. The van der Waals surface area contributed by atoms with Gasteiger partial charge in [-0.3, -0.25) is 4.79 Å². The Morgan fingerprint density at radius 1 is 1.23 bits per heavy atom. The predicted octanol–water partition coefficient (Wildman–Crippen LogP) is 4.12. The van der Waals surface area contributed by atoms with Crippen molar-refractivity contribution in [3.8, 4) is 0 Å². The van der Waals surface area contributed by atoms with Crippen LogP contribution in [0.25, 0.3) is 10.8 Å². The number of Topliss-reactive ketones (excluding diaryl/α,β-unsaturated/α-hetero) is 1. The second-order valence-electron chi connectivity index (χ2n) is 7.37. The Kier molecular flexibility index (Phi) is 2.93. The van der Waals surface area contributed by atoms with Gasteiger partial charge in [0.25, 0.3) is 0 Å². The van der Waals surface area contributed by atoms with Gasteiger partial charge in [-0.15, -0.1) is 5.10 Å². The van der Waals surface area contributed by atoms with Crippen molar-refractivity contribution < 1.29 is 4.79 Å². The number of carbonyl (C=O) groups is 1.